The largest absolute Gasteiger partial charge is 1.00 e. The van der Waals surface area contributed by atoms with Gasteiger partial charge in [0, 0.05) is 19.4 Å². The number of rotatable bonds is 4. The molecule has 2 aliphatic heterocycles. The summed E-state index contributed by atoms with van der Waals surface area (Å²) in [6.45, 7) is 5.29. The summed E-state index contributed by atoms with van der Waals surface area (Å²) >= 11 is 0. The molecular weight excluding hydrogens is 425 g/mol. The smallest absolute Gasteiger partial charge is 0.457 e. The van der Waals surface area contributed by atoms with E-state index in [9.17, 15) is 4.79 Å². The number of carbonyl (C=O) groups is 1. The molecule has 0 spiro atoms. The van der Waals surface area contributed by atoms with Crippen molar-refractivity contribution in [2.75, 3.05) is 13.1 Å². The van der Waals surface area contributed by atoms with Gasteiger partial charge >= 0.3 is 29.6 Å². The molecule has 1 amide bonds. The van der Waals surface area contributed by atoms with Crippen LogP contribution in [-0.2, 0) is 4.79 Å². The molecule has 0 bridgehead atoms. The molecule has 0 unspecified atom stereocenters. The molecule has 0 atom stereocenters. The van der Waals surface area contributed by atoms with Crippen LogP contribution in [-0.4, -0.2) is 42.3 Å². The Bertz CT molecular complexity index is 1040. The molecule has 7 nitrogen and oxygen atoms in total. The van der Waals surface area contributed by atoms with Gasteiger partial charge in [0.1, 0.15) is 11.5 Å². The molecule has 8 heteroatoms. The molecule has 33 heavy (non-hydrogen) atoms. The zero-order valence-corrected chi connectivity index (χ0v) is 20.8. The van der Waals surface area contributed by atoms with Crippen LogP contribution in [0.15, 0.2) is 82.8 Å². The molecule has 2 aliphatic rings. The molecule has 3 N–H and O–H groups in total. The number of hydrogen-bond acceptors (Lipinski definition) is 5. The summed E-state index contributed by atoms with van der Waals surface area (Å²) in [6.07, 6.45) is 8.93. The molecular formula is C25H26N5NaO2. The number of hydrogen-bond donors (Lipinski definition) is 2. The van der Waals surface area contributed by atoms with E-state index in [1.54, 1.807) is 0 Å². The fourth-order valence-electron chi connectivity index (χ4n) is 3.20. The molecule has 164 valence electrons. The van der Waals surface area contributed by atoms with E-state index in [1.165, 1.54) is 18.8 Å². The fourth-order valence-corrected chi connectivity index (χ4v) is 3.20. The van der Waals surface area contributed by atoms with Crippen molar-refractivity contribution in [1.82, 2.24) is 4.90 Å². The maximum absolute atomic E-state index is 11.0. The number of aliphatic imine (C=N–C) groups is 2. The quantitative estimate of drug-likeness (QED) is 0.416. The normalized spacial score (nSPS) is 16.1. The van der Waals surface area contributed by atoms with E-state index in [0.29, 0.717) is 17.0 Å². The summed E-state index contributed by atoms with van der Waals surface area (Å²) in [5, 5.41) is 7.73. The third kappa shape index (κ3) is 7.82. The number of nitrogens with zero attached hydrogens (tertiary/aromatic N) is 3. The van der Waals surface area contributed by atoms with Gasteiger partial charge < -0.3 is 30.8 Å². The first-order valence-electron chi connectivity index (χ1n) is 10.4. The second kappa shape index (κ2) is 13.5. The number of carbonyl (C=O) groups excluding carboxylic acids is 1. The predicted molar refractivity (Wildman–Crippen MR) is 128 cm³/mol. The Hall–Kier alpha value is -3.00. The molecule has 0 aliphatic carbocycles. The summed E-state index contributed by atoms with van der Waals surface area (Å²) < 4.78 is 5.72. The Morgan fingerprint density at radius 2 is 1.70 bits per heavy atom. The van der Waals surface area contributed by atoms with Gasteiger partial charge in [0.25, 0.3) is 0 Å². The number of benzene rings is 2. The number of nitrogens with one attached hydrogen (secondary N) is 1. The maximum atomic E-state index is 11.0. The summed E-state index contributed by atoms with van der Waals surface area (Å²) in [7, 11) is 0. The molecule has 0 aromatic heterocycles. The zero-order valence-electron chi connectivity index (χ0n) is 18.8. The number of piperidine rings is 1. The van der Waals surface area contributed by atoms with Crippen LogP contribution in [0.4, 0.5) is 0 Å². The first-order valence-corrected chi connectivity index (χ1v) is 10.4. The third-order valence-corrected chi connectivity index (χ3v) is 4.91. The Balaban J connectivity index is 0.000000297. The number of amidine groups is 1. The van der Waals surface area contributed by atoms with Crippen molar-refractivity contribution in [2.45, 2.75) is 19.3 Å². The monoisotopic (exact) mass is 451 g/mol. The van der Waals surface area contributed by atoms with Crippen LogP contribution in [0.1, 0.15) is 24.8 Å². The van der Waals surface area contributed by atoms with Gasteiger partial charge in [-0.1, -0.05) is 42.5 Å². The molecule has 0 saturated carbocycles. The fraction of sp³-hybridized carbons (Fsp3) is 0.200. The summed E-state index contributed by atoms with van der Waals surface area (Å²) in [6, 6.07) is 16.8. The van der Waals surface area contributed by atoms with E-state index in [0.717, 1.165) is 37.2 Å². The van der Waals surface area contributed by atoms with E-state index in [-0.39, 0.29) is 41.3 Å². The van der Waals surface area contributed by atoms with Crippen LogP contribution >= 0.6 is 0 Å². The minimum Gasteiger partial charge on any atom is -0.457 e. The molecule has 1 fully saturated rings. The van der Waals surface area contributed by atoms with Gasteiger partial charge in [-0.3, -0.25) is 4.79 Å². The van der Waals surface area contributed by atoms with Gasteiger partial charge in [0.05, 0.1) is 5.84 Å². The zero-order chi connectivity index (χ0) is 22.8. The van der Waals surface area contributed by atoms with Crippen LogP contribution in [0.25, 0.3) is 5.70 Å². The van der Waals surface area contributed by atoms with Crippen LogP contribution in [0.5, 0.6) is 11.5 Å². The number of amides is 1. The van der Waals surface area contributed by atoms with Gasteiger partial charge in [-0.25, -0.2) is 0 Å². The van der Waals surface area contributed by atoms with Crippen LogP contribution in [0.2, 0.25) is 0 Å². The number of para-hydroxylation sites is 1. The number of likely N-dealkylation sites (tertiary alicyclic amines) is 1. The molecule has 2 aromatic rings. The Morgan fingerprint density at radius 3 is 2.30 bits per heavy atom. The van der Waals surface area contributed by atoms with Gasteiger partial charge in [0.15, 0.2) is 0 Å². The molecule has 1 saturated heterocycles. The Kier molecular flexibility index (Phi) is 10.8. The standard InChI is InChI=1S/C17H13N4O.C8H13NO.Na/c18-16(15-10-20-11-21-17(15)19)12-6-8-14(9-7-12)22-13-4-2-1-3-5-13;1-2-8(10)9-6-4-3-5-7-9;/h1-9,11,19H,18H2;2H,1,3-7H2;/q-1;;+1/b16-15+,19-17?;;. The molecule has 0 radical (unpaired) electrons. The van der Waals surface area contributed by atoms with E-state index < -0.39 is 0 Å². The van der Waals surface area contributed by atoms with E-state index in [1.807, 2.05) is 59.5 Å². The summed E-state index contributed by atoms with van der Waals surface area (Å²) in [5.74, 6) is 1.62. The van der Waals surface area contributed by atoms with Gasteiger partial charge in [-0.05, 0) is 67.1 Å². The van der Waals surface area contributed by atoms with E-state index in [2.05, 4.69) is 22.8 Å². The summed E-state index contributed by atoms with van der Waals surface area (Å²) in [4.78, 5) is 20.4. The average molecular weight is 452 g/mol. The summed E-state index contributed by atoms with van der Waals surface area (Å²) in [5.41, 5.74) is 7.63. The maximum Gasteiger partial charge on any atom is 1.00 e. The van der Waals surface area contributed by atoms with E-state index >= 15 is 0 Å². The van der Waals surface area contributed by atoms with Crippen LogP contribution < -0.4 is 40.0 Å². The van der Waals surface area contributed by atoms with Crippen molar-refractivity contribution in [1.29, 1.82) is 5.41 Å². The predicted octanol–water partition coefficient (Wildman–Crippen LogP) is 1.30. The average Bonchev–Trinajstić information content (AvgIpc) is 2.85. The third-order valence-electron chi connectivity index (χ3n) is 4.91. The van der Waals surface area contributed by atoms with Crippen molar-refractivity contribution in [3.63, 3.8) is 0 Å². The number of nitrogens with two attached hydrogens (primary N) is 1. The first-order chi connectivity index (χ1) is 15.6. The van der Waals surface area contributed by atoms with Crippen molar-refractivity contribution < 1.29 is 39.1 Å². The second-order valence-corrected chi connectivity index (χ2v) is 7.15. The van der Waals surface area contributed by atoms with Gasteiger partial charge in [-0.15, -0.1) is 0 Å². The first kappa shape index (κ1) is 26.3. The van der Waals surface area contributed by atoms with Crippen molar-refractivity contribution in [3.05, 3.63) is 78.4 Å². The SMILES string of the molecule is C=CC(=O)N1CCCCC1.N=C1N=CN=[C-]/C1=C(\N)c1ccc(Oc2ccccc2)cc1.[Na+]. The minimum atomic E-state index is 0. The van der Waals surface area contributed by atoms with Crippen molar-refractivity contribution in [2.24, 2.45) is 15.7 Å². The van der Waals surface area contributed by atoms with Crippen molar-refractivity contribution >= 4 is 30.0 Å². The molecule has 2 heterocycles. The Morgan fingerprint density at radius 1 is 1.06 bits per heavy atom. The molecule has 4 rings (SSSR count). The second-order valence-electron chi connectivity index (χ2n) is 7.15. The van der Waals surface area contributed by atoms with Crippen LogP contribution in [0, 0.1) is 5.41 Å². The minimum absolute atomic E-state index is 0. The van der Waals surface area contributed by atoms with Crippen molar-refractivity contribution in [3.8, 4) is 11.5 Å². The Labute approximate surface area is 216 Å². The van der Waals surface area contributed by atoms with E-state index in [4.69, 9.17) is 15.9 Å². The molecule has 2 aromatic carbocycles. The number of ether oxygens (including phenoxy) is 1. The topological polar surface area (TPSA) is 104 Å². The van der Waals surface area contributed by atoms with Crippen LogP contribution in [0.3, 0.4) is 0 Å². The van der Waals surface area contributed by atoms with Gasteiger partial charge in [0.2, 0.25) is 5.91 Å². The van der Waals surface area contributed by atoms with Gasteiger partial charge in [-0.2, -0.15) is 0 Å².